The third-order valence-corrected chi connectivity index (χ3v) is 6.31. The van der Waals surface area contributed by atoms with E-state index in [1.807, 2.05) is 40.7 Å². The maximum absolute atomic E-state index is 10.8. The number of benzene rings is 1. The molecule has 6 rings (SSSR count). The third kappa shape index (κ3) is 2.73. The van der Waals surface area contributed by atoms with Crippen LogP contribution in [0.15, 0.2) is 35.2 Å². The van der Waals surface area contributed by atoms with Crippen LogP contribution in [0.2, 0.25) is 0 Å². The number of hydrogen-bond acceptors (Lipinski definition) is 7. The quantitative estimate of drug-likeness (QED) is 0.480. The molecule has 9 heteroatoms. The van der Waals surface area contributed by atoms with E-state index in [-0.39, 0.29) is 5.89 Å². The molecule has 1 fully saturated rings. The summed E-state index contributed by atoms with van der Waals surface area (Å²) in [4.78, 5) is 9.18. The molecule has 0 amide bonds. The zero-order valence-corrected chi connectivity index (χ0v) is 17.4. The Kier molecular flexibility index (Phi) is 3.85. The third-order valence-electron chi connectivity index (χ3n) is 6.31. The molecular formula is C22H22N6O3. The number of methoxy groups -OCH3 is 1. The summed E-state index contributed by atoms with van der Waals surface area (Å²) in [6, 6.07) is 5.94. The molecule has 1 aromatic carbocycles. The van der Waals surface area contributed by atoms with Crippen molar-refractivity contribution in [2.45, 2.75) is 37.7 Å². The molecule has 3 aromatic heterocycles. The Labute approximate surface area is 178 Å². The average Bonchev–Trinajstić information content (AvgIpc) is 3.54. The van der Waals surface area contributed by atoms with E-state index in [1.54, 1.807) is 13.4 Å². The van der Waals surface area contributed by atoms with E-state index in [0.29, 0.717) is 30.8 Å². The zero-order valence-electron chi connectivity index (χ0n) is 17.4. The number of aryl methyl sites for hydroxylation is 1. The molecule has 9 nitrogen and oxygen atoms in total. The minimum Gasteiger partial charge on any atom is -0.497 e. The number of fused-ring (bicyclic) bond motifs is 5. The molecule has 4 aromatic rings. The monoisotopic (exact) mass is 418 g/mol. The van der Waals surface area contributed by atoms with Gasteiger partial charge in [0.1, 0.15) is 23.4 Å². The number of imidazole rings is 1. The van der Waals surface area contributed by atoms with Crippen LogP contribution in [0, 0.1) is 0 Å². The van der Waals surface area contributed by atoms with Crippen LogP contribution in [0.25, 0.3) is 28.5 Å². The van der Waals surface area contributed by atoms with Gasteiger partial charge < -0.3 is 18.9 Å². The Bertz CT molecular complexity index is 1290. The van der Waals surface area contributed by atoms with Crippen LogP contribution in [-0.4, -0.2) is 41.7 Å². The molecule has 31 heavy (non-hydrogen) atoms. The van der Waals surface area contributed by atoms with Gasteiger partial charge in [-0.3, -0.25) is 4.68 Å². The van der Waals surface area contributed by atoms with Crippen molar-refractivity contribution in [1.29, 1.82) is 0 Å². The first-order valence-electron chi connectivity index (χ1n) is 10.4. The summed E-state index contributed by atoms with van der Waals surface area (Å²) >= 11 is 0. The number of nitrogens with zero attached hydrogens (tertiary/aromatic N) is 6. The van der Waals surface area contributed by atoms with Gasteiger partial charge in [0.25, 0.3) is 5.89 Å². The summed E-state index contributed by atoms with van der Waals surface area (Å²) < 4.78 is 14.8. The lowest BCUT2D eigenvalue weighted by Crippen LogP contribution is -2.21. The molecule has 0 atom stereocenters. The predicted octanol–water partition coefficient (Wildman–Crippen LogP) is 3.00. The highest BCUT2D eigenvalue weighted by atomic mass is 16.5. The summed E-state index contributed by atoms with van der Waals surface area (Å²) in [5, 5.41) is 19.7. The topological polar surface area (TPSA) is 104 Å². The van der Waals surface area contributed by atoms with Crippen LogP contribution >= 0.6 is 0 Å². The van der Waals surface area contributed by atoms with E-state index < -0.39 is 5.60 Å². The van der Waals surface area contributed by atoms with Crippen LogP contribution in [0.4, 0.5) is 0 Å². The predicted molar refractivity (Wildman–Crippen MR) is 111 cm³/mol. The first kappa shape index (κ1) is 18.3. The smallest absolute Gasteiger partial charge is 0.258 e. The van der Waals surface area contributed by atoms with E-state index in [4.69, 9.17) is 14.4 Å². The SMILES string of the molecule is COc1ccc2c(c1)-c1nn(C)cc1Cc1c(-c3noc(C4(O)CCCC4)n3)ncn1-2. The van der Waals surface area contributed by atoms with Crippen LogP contribution < -0.4 is 4.74 Å². The first-order chi connectivity index (χ1) is 15.1. The highest BCUT2D eigenvalue weighted by Gasteiger charge is 2.39. The van der Waals surface area contributed by atoms with Gasteiger partial charge in [-0.05, 0) is 43.9 Å². The molecule has 2 aliphatic rings. The van der Waals surface area contributed by atoms with Crippen molar-refractivity contribution in [2.75, 3.05) is 7.11 Å². The van der Waals surface area contributed by atoms with Gasteiger partial charge in [-0.15, -0.1) is 0 Å². The largest absolute Gasteiger partial charge is 0.497 e. The normalized spacial score (nSPS) is 16.5. The molecular weight excluding hydrogens is 396 g/mol. The summed E-state index contributed by atoms with van der Waals surface area (Å²) in [6.07, 6.45) is 7.62. The minimum absolute atomic E-state index is 0.280. The van der Waals surface area contributed by atoms with Crippen molar-refractivity contribution in [3.05, 3.63) is 47.9 Å². The molecule has 1 N–H and O–H groups in total. The summed E-state index contributed by atoms with van der Waals surface area (Å²) in [6.45, 7) is 0. The molecule has 0 radical (unpaired) electrons. The molecule has 158 valence electrons. The second-order valence-electron chi connectivity index (χ2n) is 8.31. The average molecular weight is 418 g/mol. The van der Waals surface area contributed by atoms with Crippen molar-refractivity contribution in [3.8, 4) is 34.2 Å². The van der Waals surface area contributed by atoms with Crippen LogP contribution in [0.3, 0.4) is 0 Å². The van der Waals surface area contributed by atoms with Crippen LogP contribution in [0.5, 0.6) is 5.75 Å². The molecule has 0 spiro atoms. The van der Waals surface area contributed by atoms with Crippen molar-refractivity contribution in [3.63, 3.8) is 0 Å². The number of ether oxygens (including phenoxy) is 1. The lowest BCUT2D eigenvalue weighted by atomic mass is 10.0. The first-order valence-corrected chi connectivity index (χ1v) is 10.4. The molecule has 1 aliphatic heterocycles. The van der Waals surface area contributed by atoms with Gasteiger partial charge in [0.05, 0.1) is 24.2 Å². The van der Waals surface area contributed by atoms with E-state index in [0.717, 1.165) is 46.8 Å². The van der Waals surface area contributed by atoms with Crippen molar-refractivity contribution < 1.29 is 14.4 Å². The Morgan fingerprint density at radius 1 is 1.19 bits per heavy atom. The molecule has 1 saturated carbocycles. The van der Waals surface area contributed by atoms with Crippen LogP contribution in [0.1, 0.15) is 42.8 Å². The van der Waals surface area contributed by atoms with E-state index in [9.17, 15) is 5.11 Å². The molecule has 0 bridgehead atoms. The van der Waals surface area contributed by atoms with Crippen molar-refractivity contribution in [2.24, 2.45) is 7.05 Å². The lowest BCUT2D eigenvalue weighted by Gasteiger charge is -2.15. The fourth-order valence-electron chi connectivity index (χ4n) is 4.74. The van der Waals surface area contributed by atoms with Crippen molar-refractivity contribution >= 4 is 0 Å². The van der Waals surface area contributed by atoms with Gasteiger partial charge in [0, 0.05) is 30.8 Å². The number of aromatic nitrogens is 6. The zero-order chi connectivity index (χ0) is 21.2. The van der Waals surface area contributed by atoms with E-state index in [1.165, 1.54) is 0 Å². The fraction of sp³-hybridized carbons (Fsp3) is 0.364. The summed E-state index contributed by atoms with van der Waals surface area (Å²) in [5.41, 5.74) is 4.51. The molecule has 0 saturated heterocycles. The van der Waals surface area contributed by atoms with Gasteiger partial charge in [-0.25, -0.2) is 4.98 Å². The van der Waals surface area contributed by atoms with Gasteiger partial charge in [-0.2, -0.15) is 10.1 Å². The van der Waals surface area contributed by atoms with Crippen LogP contribution in [-0.2, 0) is 19.1 Å². The van der Waals surface area contributed by atoms with Gasteiger partial charge >= 0.3 is 0 Å². The van der Waals surface area contributed by atoms with Gasteiger partial charge in [0.2, 0.25) is 5.82 Å². The Morgan fingerprint density at radius 2 is 2.03 bits per heavy atom. The van der Waals surface area contributed by atoms with Gasteiger partial charge in [0.15, 0.2) is 0 Å². The maximum atomic E-state index is 10.8. The second kappa shape index (κ2) is 6.52. The minimum atomic E-state index is -1.03. The summed E-state index contributed by atoms with van der Waals surface area (Å²) in [7, 11) is 3.57. The Hall–Kier alpha value is -3.46. The highest BCUT2D eigenvalue weighted by Crippen LogP contribution is 2.40. The second-order valence-corrected chi connectivity index (χ2v) is 8.31. The summed E-state index contributed by atoms with van der Waals surface area (Å²) in [5.74, 6) is 1.45. The number of aliphatic hydroxyl groups is 1. The molecule has 4 heterocycles. The maximum Gasteiger partial charge on any atom is 0.258 e. The van der Waals surface area contributed by atoms with Crippen molar-refractivity contribution in [1.82, 2.24) is 29.5 Å². The Balaban J connectivity index is 1.51. The van der Waals surface area contributed by atoms with E-state index in [2.05, 4.69) is 15.1 Å². The Morgan fingerprint density at radius 3 is 2.84 bits per heavy atom. The van der Waals surface area contributed by atoms with E-state index >= 15 is 0 Å². The lowest BCUT2D eigenvalue weighted by molar-refractivity contribution is 0.0112. The standard InChI is InChI=1S/C22H22N6O3/c1-27-11-13-9-17-19(20-24-21(31-26-20)22(29)7-3-4-8-22)23-12-28(17)16-6-5-14(30-2)10-15(16)18(13)25-27/h5-6,10-12,29H,3-4,7-9H2,1-2H3. The van der Waals surface area contributed by atoms with Gasteiger partial charge in [-0.1, -0.05) is 5.16 Å². The molecule has 1 aliphatic carbocycles. The number of rotatable bonds is 3. The number of hydrogen-bond donors (Lipinski definition) is 1. The fourth-order valence-corrected chi connectivity index (χ4v) is 4.74. The highest BCUT2D eigenvalue weighted by molar-refractivity contribution is 5.77. The molecule has 0 unspecified atom stereocenters.